The van der Waals surface area contributed by atoms with Gasteiger partial charge in [0.25, 0.3) is 0 Å². The molecule has 0 aliphatic carbocycles. The molecule has 0 radical (unpaired) electrons. The first-order chi connectivity index (χ1) is 11.3. The summed E-state index contributed by atoms with van der Waals surface area (Å²) in [5.74, 6) is 2.40. The van der Waals surface area contributed by atoms with Gasteiger partial charge in [0.15, 0.2) is 11.5 Å². The lowest BCUT2D eigenvalue weighted by Crippen LogP contribution is -2.15. The normalized spacial score (nSPS) is 13.1. The zero-order valence-electron chi connectivity index (χ0n) is 11.9. The van der Waals surface area contributed by atoms with Crippen LogP contribution in [0.5, 0.6) is 11.5 Å². The highest BCUT2D eigenvalue weighted by Crippen LogP contribution is 2.38. The first kappa shape index (κ1) is 14.3. The number of hydrogen-bond donors (Lipinski definition) is 1. The van der Waals surface area contributed by atoms with E-state index in [-0.39, 0.29) is 0 Å². The molecule has 0 fully saturated rings. The Hall–Kier alpha value is -2.25. The predicted octanol–water partition coefficient (Wildman–Crippen LogP) is 3.83. The third-order valence-electron chi connectivity index (χ3n) is 3.27. The number of rotatable bonds is 4. The van der Waals surface area contributed by atoms with E-state index in [9.17, 15) is 0 Å². The number of aromatic nitrogens is 2. The van der Waals surface area contributed by atoms with Gasteiger partial charge in [-0.3, -0.25) is 0 Å². The molecule has 1 aromatic carbocycles. The van der Waals surface area contributed by atoms with E-state index in [1.54, 1.807) is 17.4 Å². The highest BCUT2D eigenvalue weighted by Gasteiger charge is 2.16. The lowest BCUT2D eigenvalue weighted by atomic mass is 10.2. The number of nitrogens with zero attached hydrogens (tertiary/aromatic N) is 2. The van der Waals surface area contributed by atoms with Crippen LogP contribution in [0.15, 0.2) is 34.2 Å². The summed E-state index contributed by atoms with van der Waals surface area (Å²) in [5.41, 5.74) is 0.729. The van der Waals surface area contributed by atoms with Crippen LogP contribution in [-0.2, 0) is 6.54 Å². The molecule has 8 heteroatoms. The third-order valence-corrected chi connectivity index (χ3v) is 4.45. The van der Waals surface area contributed by atoms with E-state index in [2.05, 4.69) is 15.5 Å². The van der Waals surface area contributed by atoms with Crippen molar-refractivity contribution in [1.82, 2.24) is 10.1 Å². The maximum absolute atomic E-state index is 6.25. The van der Waals surface area contributed by atoms with E-state index < -0.39 is 0 Å². The van der Waals surface area contributed by atoms with Gasteiger partial charge in [0.2, 0.25) is 11.7 Å². The number of nitrogens with one attached hydrogen (secondary N) is 1. The lowest BCUT2D eigenvalue weighted by molar-refractivity contribution is 0.171. The fraction of sp³-hybridized carbons (Fsp3) is 0.200. The van der Waals surface area contributed by atoms with Crippen molar-refractivity contribution in [2.24, 2.45) is 0 Å². The third kappa shape index (κ3) is 2.97. The number of fused-ring (bicyclic) bond motifs is 1. The molecule has 0 unspecified atom stereocenters. The maximum Gasteiger partial charge on any atom is 0.246 e. The van der Waals surface area contributed by atoms with Gasteiger partial charge >= 0.3 is 0 Å². The van der Waals surface area contributed by atoms with Crippen LogP contribution in [0.4, 0.5) is 5.69 Å². The smallest absolute Gasteiger partial charge is 0.246 e. The Balaban J connectivity index is 1.49. The quantitative estimate of drug-likeness (QED) is 0.771. The maximum atomic E-state index is 6.25. The second-order valence-corrected chi connectivity index (χ2v) is 6.17. The van der Waals surface area contributed by atoms with Gasteiger partial charge in [0, 0.05) is 12.1 Å². The van der Waals surface area contributed by atoms with Crippen molar-refractivity contribution in [3.8, 4) is 22.2 Å². The highest BCUT2D eigenvalue weighted by molar-refractivity contribution is 7.13. The van der Waals surface area contributed by atoms with Crippen molar-refractivity contribution < 1.29 is 14.0 Å². The molecule has 2 aromatic heterocycles. The van der Waals surface area contributed by atoms with Crippen LogP contribution >= 0.6 is 22.9 Å². The van der Waals surface area contributed by atoms with Gasteiger partial charge in [-0.25, -0.2) is 0 Å². The molecule has 4 rings (SSSR count). The summed E-state index contributed by atoms with van der Waals surface area (Å²) in [4.78, 5) is 5.33. The Morgan fingerprint density at radius 3 is 2.83 bits per heavy atom. The van der Waals surface area contributed by atoms with Crippen LogP contribution < -0.4 is 14.8 Å². The molecule has 23 heavy (non-hydrogen) atoms. The monoisotopic (exact) mass is 349 g/mol. The minimum atomic E-state index is 0.373. The summed E-state index contributed by atoms with van der Waals surface area (Å²) in [7, 11) is 0. The summed E-state index contributed by atoms with van der Waals surface area (Å²) in [6.07, 6.45) is 0. The SMILES string of the molecule is Clc1cc2c(cc1NCc1nc(-c3cccs3)no1)OCCO2. The van der Waals surface area contributed by atoms with Gasteiger partial charge in [0.05, 0.1) is 22.1 Å². The second kappa shape index (κ2) is 6.10. The Kier molecular flexibility index (Phi) is 3.80. The zero-order chi connectivity index (χ0) is 15.6. The molecule has 0 atom stereocenters. The van der Waals surface area contributed by atoms with Crippen LogP contribution in [-0.4, -0.2) is 23.4 Å². The summed E-state index contributed by atoms with van der Waals surface area (Å²) in [6, 6.07) is 7.45. The van der Waals surface area contributed by atoms with Gasteiger partial charge in [-0.1, -0.05) is 22.8 Å². The van der Waals surface area contributed by atoms with Crippen LogP contribution in [0.1, 0.15) is 5.89 Å². The summed E-state index contributed by atoms with van der Waals surface area (Å²) in [6.45, 7) is 1.43. The fourth-order valence-electron chi connectivity index (χ4n) is 2.20. The number of anilines is 1. The molecule has 3 aromatic rings. The predicted molar refractivity (Wildman–Crippen MR) is 87.4 cm³/mol. The van der Waals surface area contributed by atoms with Gasteiger partial charge in [0.1, 0.15) is 13.2 Å². The molecular formula is C15H12ClN3O3S. The Bertz CT molecular complexity index is 819. The number of hydrogen-bond acceptors (Lipinski definition) is 7. The highest BCUT2D eigenvalue weighted by atomic mass is 35.5. The number of thiophene rings is 1. The Morgan fingerprint density at radius 2 is 2.04 bits per heavy atom. The summed E-state index contributed by atoms with van der Waals surface area (Å²) < 4.78 is 16.3. The van der Waals surface area contributed by atoms with E-state index in [4.69, 9.17) is 25.6 Å². The molecule has 1 aliphatic heterocycles. The van der Waals surface area contributed by atoms with Gasteiger partial charge in [-0.2, -0.15) is 4.98 Å². The van der Waals surface area contributed by atoms with Crippen LogP contribution in [0, 0.1) is 0 Å². The standard InChI is InChI=1S/C15H12ClN3O3S/c16-9-6-11-12(21-4-3-20-11)7-10(9)17-8-14-18-15(19-22-14)13-2-1-5-23-13/h1-2,5-7,17H,3-4,8H2. The largest absolute Gasteiger partial charge is 0.486 e. The lowest BCUT2D eigenvalue weighted by Gasteiger charge is -2.20. The fourth-order valence-corrected chi connectivity index (χ4v) is 3.07. The van der Waals surface area contributed by atoms with E-state index in [1.165, 1.54) is 0 Å². The minimum absolute atomic E-state index is 0.373. The van der Waals surface area contributed by atoms with Crippen molar-refractivity contribution in [2.45, 2.75) is 6.54 Å². The zero-order valence-corrected chi connectivity index (χ0v) is 13.5. The van der Waals surface area contributed by atoms with Crippen LogP contribution in [0.25, 0.3) is 10.7 Å². The van der Waals surface area contributed by atoms with Crippen LogP contribution in [0.2, 0.25) is 5.02 Å². The van der Waals surface area contributed by atoms with Gasteiger partial charge in [-0.05, 0) is 11.4 Å². The summed E-state index contributed by atoms with van der Waals surface area (Å²) in [5, 5.41) is 9.67. The topological polar surface area (TPSA) is 69.4 Å². The number of benzene rings is 1. The Morgan fingerprint density at radius 1 is 1.22 bits per heavy atom. The number of halogens is 1. The molecule has 0 amide bonds. The van der Waals surface area contributed by atoms with Crippen molar-refractivity contribution >= 4 is 28.6 Å². The molecule has 0 bridgehead atoms. The molecule has 6 nitrogen and oxygen atoms in total. The molecule has 118 valence electrons. The first-order valence-electron chi connectivity index (χ1n) is 6.99. The average molecular weight is 350 g/mol. The molecule has 3 heterocycles. The number of ether oxygens (including phenoxy) is 2. The van der Waals surface area contributed by atoms with E-state index in [0.717, 1.165) is 10.6 Å². The van der Waals surface area contributed by atoms with Crippen molar-refractivity contribution in [3.63, 3.8) is 0 Å². The van der Waals surface area contributed by atoms with Crippen LogP contribution in [0.3, 0.4) is 0 Å². The van der Waals surface area contributed by atoms with E-state index in [1.807, 2.05) is 23.6 Å². The van der Waals surface area contributed by atoms with Gasteiger partial charge in [-0.15, -0.1) is 11.3 Å². The van der Waals surface area contributed by atoms with E-state index >= 15 is 0 Å². The van der Waals surface area contributed by atoms with Gasteiger partial charge < -0.3 is 19.3 Å². The van der Waals surface area contributed by atoms with Crippen molar-refractivity contribution in [1.29, 1.82) is 0 Å². The molecule has 0 saturated heterocycles. The first-order valence-corrected chi connectivity index (χ1v) is 8.25. The second-order valence-electron chi connectivity index (χ2n) is 4.82. The molecule has 0 spiro atoms. The molecule has 1 aliphatic rings. The molecule has 1 N–H and O–H groups in total. The van der Waals surface area contributed by atoms with E-state index in [0.29, 0.717) is 48.0 Å². The van der Waals surface area contributed by atoms with Crippen molar-refractivity contribution in [3.05, 3.63) is 40.6 Å². The van der Waals surface area contributed by atoms with Crippen molar-refractivity contribution in [2.75, 3.05) is 18.5 Å². The Labute approximate surface area is 141 Å². The molecule has 0 saturated carbocycles. The summed E-state index contributed by atoms with van der Waals surface area (Å²) >= 11 is 7.82. The molecular weight excluding hydrogens is 338 g/mol. The average Bonchev–Trinajstić information content (AvgIpc) is 3.24. The minimum Gasteiger partial charge on any atom is -0.486 e.